The molecule has 2 aromatic carbocycles. The first-order chi connectivity index (χ1) is 11.1. The number of para-hydroxylation sites is 1. The van der Waals surface area contributed by atoms with E-state index in [1.54, 1.807) is 36.5 Å². The second kappa shape index (κ2) is 6.63. The summed E-state index contributed by atoms with van der Waals surface area (Å²) in [5.74, 6) is -0.182. The third-order valence-corrected chi connectivity index (χ3v) is 3.85. The molecule has 0 aliphatic rings. The topological polar surface area (TPSA) is 42.0 Å². The third-order valence-electron chi connectivity index (χ3n) is 3.54. The molecule has 0 saturated carbocycles. The number of ketones is 1. The number of rotatable bonds is 4. The van der Waals surface area contributed by atoms with Gasteiger partial charge in [0.25, 0.3) is 0 Å². The zero-order valence-corrected chi connectivity index (χ0v) is 13.3. The van der Waals surface area contributed by atoms with E-state index in [0.717, 1.165) is 16.9 Å². The van der Waals surface area contributed by atoms with Gasteiger partial charge in [-0.15, -0.1) is 0 Å². The van der Waals surface area contributed by atoms with Gasteiger partial charge in [-0.1, -0.05) is 35.9 Å². The van der Waals surface area contributed by atoms with Crippen LogP contribution in [-0.2, 0) is 0 Å². The van der Waals surface area contributed by atoms with E-state index in [-0.39, 0.29) is 5.78 Å². The Labute approximate surface area is 140 Å². The van der Waals surface area contributed by atoms with Crippen LogP contribution in [0.15, 0.2) is 66.9 Å². The summed E-state index contributed by atoms with van der Waals surface area (Å²) >= 11 is 6.29. The molecule has 0 aliphatic carbocycles. The minimum atomic E-state index is -0.182. The van der Waals surface area contributed by atoms with Gasteiger partial charge in [-0.2, -0.15) is 0 Å². The monoisotopic (exact) mass is 322 g/mol. The van der Waals surface area contributed by atoms with Gasteiger partial charge in [-0.25, -0.2) is 0 Å². The average molecular weight is 323 g/mol. The van der Waals surface area contributed by atoms with Crippen molar-refractivity contribution < 1.29 is 4.79 Å². The molecule has 4 heteroatoms. The highest BCUT2D eigenvalue weighted by molar-refractivity contribution is 6.35. The number of carbonyl (C=O) groups excluding carboxylic acids is 1. The highest BCUT2D eigenvalue weighted by Crippen LogP contribution is 2.26. The summed E-state index contributed by atoms with van der Waals surface area (Å²) in [4.78, 5) is 16.5. The lowest BCUT2D eigenvalue weighted by Gasteiger charge is -2.11. The van der Waals surface area contributed by atoms with E-state index < -0.39 is 0 Å². The van der Waals surface area contributed by atoms with Gasteiger partial charge in [0.15, 0.2) is 0 Å². The van der Waals surface area contributed by atoms with Crippen LogP contribution in [0.1, 0.15) is 21.6 Å². The predicted molar refractivity (Wildman–Crippen MR) is 93.6 cm³/mol. The van der Waals surface area contributed by atoms with Crippen LogP contribution in [-0.4, -0.2) is 10.8 Å². The summed E-state index contributed by atoms with van der Waals surface area (Å²) in [5, 5.41) is 3.71. The quantitative estimate of drug-likeness (QED) is 0.686. The third kappa shape index (κ3) is 3.41. The van der Waals surface area contributed by atoms with Gasteiger partial charge >= 0.3 is 0 Å². The normalized spacial score (nSPS) is 10.3. The summed E-state index contributed by atoms with van der Waals surface area (Å²) < 4.78 is 0. The van der Waals surface area contributed by atoms with Gasteiger partial charge in [0, 0.05) is 23.1 Å². The van der Waals surface area contributed by atoms with Crippen LogP contribution in [0.25, 0.3) is 0 Å². The summed E-state index contributed by atoms with van der Waals surface area (Å²) in [6.07, 6.45) is 1.59. The molecule has 0 bridgehead atoms. The van der Waals surface area contributed by atoms with Gasteiger partial charge in [0.1, 0.15) is 5.69 Å². The molecule has 0 saturated heterocycles. The number of aromatic nitrogens is 1. The molecule has 0 radical (unpaired) electrons. The number of pyridine rings is 1. The molecule has 114 valence electrons. The van der Waals surface area contributed by atoms with Crippen molar-refractivity contribution >= 4 is 28.8 Å². The SMILES string of the molecule is Cc1ccccc1Nc1ccc(C(=O)c2ccccn2)c(Cl)c1. The van der Waals surface area contributed by atoms with Crippen molar-refractivity contribution in [3.63, 3.8) is 0 Å². The van der Waals surface area contributed by atoms with E-state index in [1.807, 2.05) is 37.3 Å². The molecule has 0 fully saturated rings. The molecule has 0 unspecified atom stereocenters. The number of hydrogen-bond acceptors (Lipinski definition) is 3. The van der Waals surface area contributed by atoms with E-state index >= 15 is 0 Å². The van der Waals surface area contributed by atoms with Gasteiger partial charge in [0.05, 0.1) is 5.02 Å². The first-order valence-electron chi connectivity index (χ1n) is 7.23. The van der Waals surface area contributed by atoms with Crippen molar-refractivity contribution in [3.8, 4) is 0 Å². The number of hydrogen-bond donors (Lipinski definition) is 1. The number of carbonyl (C=O) groups is 1. The maximum absolute atomic E-state index is 12.4. The largest absolute Gasteiger partial charge is 0.355 e. The highest BCUT2D eigenvalue weighted by atomic mass is 35.5. The molecule has 1 aromatic heterocycles. The fourth-order valence-corrected chi connectivity index (χ4v) is 2.55. The lowest BCUT2D eigenvalue weighted by molar-refractivity contribution is 0.103. The van der Waals surface area contributed by atoms with E-state index in [9.17, 15) is 4.79 Å². The Morgan fingerprint density at radius 2 is 1.83 bits per heavy atom. The molecule has 0 aliphatic heterocycles. The molecule has 23 heavy (non-hydrogen) atoms. The first kappa shape index (κ1) is 15.3. The summed E-state index contributed by atoms with van der Waals surface area (Å²) in [7, 11) is 0. The smallest absolute Gasteiger partial charge is 0.212 e. The van der Waals surface area contributed by atoms with Crippen LogP contribution in [0.5, 0.6) is 0 Å². The molecule has 0 atom stereocenters. The maximum Gasteiger partial charge on any atom is 0.212 e. The summed E-state index contributed by atoms with van der Waals surface area (Å²) in [6, 6.07) is 18.5. The molecular weight excluding hydrogens is 308 g/mol. The van der Waals surface area contributed by atoms with Crippen molar-refractivity contribution in [2.45, 2.75) is 6.92 Å². The average Bonchev–Trinajstić information content (AvgIpc) is 2.57. The number of halogens is 1. The Hall–Kier alpha value is -2.65. The van der Waals surface area contributed by atoms with Crippen LogP contribution < -0.4 is 5.32 Å². The summed E-state index contributed by atoms with van der Waals surface area (Å²) in [6.45, 7) is 2.03. The predicted octanol–water partition coefficient (Wildman–Crippen LogP) is 5.02. The number of nitrogens with one attached hydrogen (secondary N) is 1. The summed E-state index contributed by atoms with van der Waals surface area (Å²) in [5.41, 5.74) is 3.81. The molecule has 3 aromatic rings. The fourth-order valence-electron chi connectivity index (χ4n) is 2.28. The van der Waals surface area contributed by atoms with E-state index in [4.69, 9.17) is 11.6 Å². The molecule has 3 nitrogen and oxygen atoms in total. The first-order valence-corrected chi connectivity index (χ1v) is 7.61. The number of aryl methyl sites for hydroxylation is 1. The highest BCUT2D eigenvalue weighted by Gasteiger charge is 2.14. The lowest BCUT2D eigenvalue weighted by Crippen LogP contribution is -2.04. The Morgan fingerprint density at radius 3 is 2.52 bits per heavy atom. The van der Waals surface area contributed by atoms with Crippen LogP contribution >= 0.6 is 11.6 Å². The Balaban J connectivity index is 1.87. The van der Waals surface area contributed by atoms with Crippen LogP contribution in [0.3, 0.4) is 0 Å². The van der Waals surface area contributed by atoms with Crippen LogP contribution in [0.2, 0.25) is 5.02 Å². The number of benzene rings is 2. The van der Waals surface area contributed by atoms with Crippen LogP contribution in [0, 0.1) is 6.92 Å². The van der Waals surface area contributed by atoms with Crippen molar-refractivity contribution in [3.05, 3.63) is 88.7 Å². The fraction of sp³-hybridized carbons (Fsp3) is 0.0526. The van der Waals surface area contributed by atoms with E-state index in [0.29, 0.717) is 16.3 Å². The molecule has 0 spiro atoms. The zero-order valence-electron chi connectivity index (χ0n) is 12.6. The Kier molecular flexibility index (Phi) is 4.40. The maximum atomic E-state index is 12.4. The zero-order chi connectivity index (χ0) is 16.2. The molecular formula is C19H15ClN2O. The molecule has 0 amide bonds. The Bertz CT molecular complexity index is 847. The molecule has 1 heterocycles. The van der Waals surface area contributed by atoms with Crippen molar-refractivity contribution in [2.24, 2.45) is 0 Å². The lowest BCUT2D eigenvalue weighted by atomic mass is 10.1. The second-order valence-corrected chi connectivity index (χ2v) is 5.59. The molecule has 3 rings (SSSR count). The van der Waals surface area contributed by atoms with Gasteiger partial charge in [-0.3, -0.25) is 9.78 Å². The van der Waals surface area contributed by atoms with E-state index in [1.165, 1.54) is 0 Å². The minimum Gasteiger partial charge on any atom is -0.355 e. The van der Waals surface area contributed by atoms with E-state index in [2.05, 4.69) is 10.3 Å². The van der Waals surface area contributed by atoms with Gasteiger partial charge < -0.3 is 5.32 Å². The van der Waals surface area contributed by atoms with Gasteiger partial charge in [0.2, 0.25) is 5.78 Å². The standard InChI is InChI=1S/C19H15ClN2O/c1-13-6-2-3-7-17(13)22-14-9-10-15(16(20)12-14)19(23)18-8-4-5-11-21-18/h2-12,22H,1H3. The molecule has 1 N–H and O–H groups in total. The Morgan fingerprint density at radius 1 is 1.04 bits per heavy atom. The van der Waals surface area contributed by atoms with Crippen LogP contribution in [0.4, 0.5) is 11.4 Å². The number of anilines is 2. The van der Waals surface area contributed by atoms with Crippen molar-refractivity contribution in [2.75, 3.05) is 5.32 Å². The number of nitrogens with zero attached hydrogens (tertiary/aromatic N) is 1. The second-order valence-electron chi connectivity index (χ2n) is 5.18. The van der Waals surface area contributed by atoms with Crippen molar-refractivity contribution in [1.82, 2.24) is 4.98 Å². The van der Waals surface area contributed by atoms with Crippen molar-refractivity contribution in [1.29, 1.82) is 0 Å². The minimum absolute atomic E-state index is 0.182. The van der Waals surface area contributed by atoms with Gasteiger partial charge in [-0.05, 0) is 48.9 Å².